The van der Waals surface area contributed by atoms with Gasteiger partial charge in [0.2, 0.25) is 0 Å². The number of hydrogen-bond acceptors (Lipinski definition) is 2. The highest BCUT2D eigenvalue weighted by Gasteiger charge is 2.06. The molecule has 1 rings (SSSR count). The van der Waals surface area contributed by atoms with Crippen molar-refractivity contribution >= 4 is 11.8 Å². The van der Waals surface area contributed by atoms with Crippen LogP contribution in [-0.2, 0) is 16.0 Å². The maximum Gasteiger partial charge on any atom is 0.309 e. The Morgan fingerprint density at radius 2 is 2.12 bits per heavy atom. The maximum absolute atomic E-state index is 12.9. The lowest BCUT2D eigenvalue weighted by Gasteiger charge is -2.04. The molecule has 0 radical (unpaired) electrons. The second kappa shape index (κ2) is 5.25. The van der Waals surface area contributed by atoms with Crippen molar-refractivity contribution in [2.75, 3.05) is 6.54 Å². The lowest BCUT2D eigenvalue weighted by atomic mass is 10.1. The van der Waals surface area contributed by atoms with Crippen LogP contribution < -0.4 is 11.1 Å². The van der Waals surface area contributed by atoms with Crippen LogP contribution >= 0.6 is 0 Å². The van der Waals surface area contributed by atoms with E-state index in [0.29, 0.717) is 18.5 Å². The molecule has 0 aromatic heterocycles. The van der Waals surface area contributed by atoms with Crippen LogP contribution in [0.5, 0.6) is 0 Å². The Morgan fingerprint density at radius 1 is 1.44 bits per heavy atom. The van der Waals surface area contributed by atoms with Gasteiger partial charge in [-0.25, -0.2) is 4.39 Å². The molecule has 0 aliphatic rings. The first-order chi connectivity index (χ1) is 7.50. The van der Waals surface area contributed by atoms with E-state index in [2.05, 4.69) is 5.32 Å². The van der Waals surface area contributed by atoms with Crippen molar-refractivity contribution in [2.45, 2.75) is 13.3 Å². The Balaban J connectivity index is 2.46. The van der Waals surface area contributed by atoms with E-state index in [1.807, 2.05) is 0 Å². The summed E-state index contributed by atoms with van der Waals surface area (Å²) in [6, 6.07) is 4.71. The monoisotopic (exact) mass is 224 g/mol. The van der Waals surface area contributed by atoms with E-state index < -0.39 is 11.8 Å². The number of carbonyl (C=O) groups excluding carboxylic acids is 2. The number of benzene rings is 1. The van der Waals surface area contributed by atoms with Crippen LogP contribution in [0.15, 0.2) is 18.2 Å². The predicted molar refractivity (Wildman–Crippen MR) is 57.0 cm³/mol. The van der Waals surface area contributed by atoms with Crippen LogP contribution in [-0.4, -0.2) is 18.4 Å². The minimum Gasteiger partial charge on any atom is -0.361 e. The lowest BCUT2D eigenvalue weighted by Crippen LogP contribution is -2.37. The van der Waals surface area contributed by atoms with Gasteiger partial charge in [-0.1, -0.05) is 12.1 Å². The highest BCUT2D eigenvalue weighted by atomic mass is 19.1. The molecule has 0 fully saturated rings. The molecule has 1 aromatic carbocycles. The first kappa shape index (κ1) is 12.2. The van der Waals surface area contributed by atoms with E-state index in [0.717, 1.165) is 5.56 Å². The average Bonchev–Trinajstić information content (AvgIpc) is 2.23. The summed E-state index contributed by atoms with van der Waals surface area (Å²) in [5.74, 6) is -2.07. The molecule has 0 bridgehead atoms. The van der Waals surface area contributed by atoms with Crippen molar-refractivity contribution < 1.29 is 14.0 Å². The van der Waals surface area contributed by atoms with E-state index >= 15 is 0 Å². The molecular weight excluding hydrogens is 211 g/mol. The van der Waals surface area contributed by atoms with Gasteiger partial charge in [0.1, 0.15) is 5.82 Å². The summed E-state index contributed by atoms with van der Waals surface area (Å²) in [5, 5.41) is 2.36. The van der Waals surface area contributed by atoms with E-state index in [1.165, 1.54) is 6.07 Å². The Hall–Kier alpha value is -1.91. The summed E-state index contributed by atoms with van der Waals surface area (Å²) < 4.78 is 12.9. The Bertz CT molecular complexity index is 418. The molecule has 86 valence electrons. The van der Waals surface area contributed by atoms with Crippen LogP contribution in [0.1, 0.15) is 11.1 Å². The van der Waals surface area contributed by atoms with E-state index in [4.69, 9.17) is 5.73 Å². The second-order valence-electron chi connectivity index (χ2n) is 3.45. The highest BCUT2D eigenvalue weighted by molar-refractivity contribution is 6.34. The molecular formula is C11H13FN2O2. The Labute approximate surface area is 92.6 Å². The highest BCUT2D eigenvalue weighted by Crippen LogP contribution is 2.09. The van der Waals surface area contributed by atoms with Gasteiger partial charge in [0.15, 0.2) is 0 Å². The molecule has 0 unspecified atom stereocenters. The smallest absolute Gasteiger partial charge is 0.309 e. The molecule has 0 saturated heterocycles. The molecule has 5 heteroatoms. The average molecular weight is 224 g/mol. The zero-order chi connectivity index (χ0) is 12.1. The third-order valence-corrected chi connectivity index (χ3v) is 2.15. The van der Waals surface area contributed by atoms with Gasteiger partial charge in [-0.05, 0) is 30.5 Å². The summed E-state index contributed by atoms with van der Waals surface area (Å²) in [6.45, 7) is 1.97. The van der Waals surface area contributed by atoms with Gasteiger partial charge in [-0.15, -0.1) is 0 Å². The summed E-state index contributed by atoms with van der Waals surface area (Å²) in [7, 11) is 0. The minimum atomic E-state index is -1.00. The number of hydrogen-bond donors (Lipinski definition) is 2. The third kappa shape index (κ3) is 3.34. The van der Waals surface area contributed by atoms with Crippen LogP contribution in [0.2, 0.25) is 0 Å². The van der Waals surface area contributed by atoms with Crippen LogP contribution in [0.25, 0.3) is 0 Å². The largest absolute Gasteiger partial charge is 0.361 e. The molecule has 0 aliphatic heterocycles. The molecule has 3 N–H and O–H groups in total. The third-order valence-electron chi connectivity index (χ3n) is 2.15. The van der Waals surface area contributed by atoms with Crippen LogP contribution in [0, 0.1) is 12.7 Å². The number of aryl methyl sites for hydroxylation is 1. The number of nitrogens with two attached hydrogens (primary N) is 1. The van der Waals surface area contributed by atoms with Gasteiger partial charge in [0, 0.05) is 6.54 Å². The molecule has 0 heterocycles. The summed E-state index contributed by atoms with van der Waals surface area (Å²) in [6.07, 6.45) is 0.528. The molecule has 2 amide bonds. The van der Waals surface area contributed by atoms with Gasteiger partial charge >= 0.3 is 11.8 Å². The fraction of sp³-hybridized carbons (Fsp3) is 0.273. The summed E-state index contributed by atoms with van der Waals surface area (Å²) in [5.41, 5.74) is 6.21. The zero-order valence-corrected chi connectivity index (χ0v) is 8.92. The van der Waals surface area contributed by atoms with Crippen molar-refractivity contribution in [3.05, 3.63) is 35.1 Å². The summed E-state index contributed by atoms with van der Waals surface area (Å²) in [4.78, 5) is 21.2. The number of halogens is 1. The van der Waals surface area contributed by atoms with Crippen LogP contribution in [0.4, 0.5) is 4.39 Å². The van der Waals surface area contributed by atoms with E-state index in [1.54, 1.807) is 19.1 Å². The van der Waals surface area contributed by atoms with Crippen molar-refractivity contribution in [2.24, 2.45) is 5.73 Å². The van der Waals surface area contributed by atoms with Gasteiger partial charge in [-0.2, -0.15) is 0 Å². The number of nitrogens with one attached hydrogen (secondary N) is 1. The molecule has 0 atom stereocenters. The zero-order valence-electron chi connectivity index (χ0n) is 8.92. The van der Waals surface area contributed by atoms with Crippen molar-refractivity contribution in [1.29, 1.82) is 0 Å². The maximum atomic E-state index is 12.9. The Kier molecular flexibility index (Phi) is 3.99. The standard InChI is InChI=1S/C11H13FN2O2/c1-7-6-8(2-3-9(7)12)4-5-14-11(16)10(13)15/h2-3,6H,4-5H2,1H3,(H2,13,15)(H,14,16). The quantitative estimate of drug-likeness (QED) is 0.724. The van der Waals surface area contributed by atoms with Gasteiger partial charge in [0.05, 0.1) is 0 Å². The molecule has 0 aliphatic carbocycles. The number of carbonyl (C=O) groups is 2. The van der Waals surface area contributed by atoms with Gasteiger partial charge in [0.25, 0.3) is 0 Å². The fourth-order valence-electron chi connectivity index (χ4n) is 1.27. The van der Waals surface area contributed by atoms with E-state index in [9.17, 15) is 14.0 Å². The minimum absolute atomic E-state index is 0.259. The first-order valence-corrected chi connectivity index (χ1v) is 4.83. The number of amides is 2. The topological polar surface area (TPSA) is 72.2 Å². The normalized spacial score (nSPS) is 9.88. The lowest BCUT2D eigenvalue weighted by molar-refractivity contribution is -0.137. The van der Waals surface area contributed by atoms with Gasteiger partial charge < -0.3 is 11.1 Å². The Morgan fingerprint density at radius 3 is 2.69 bits per heavy atom. The van der Waals surface area contributed by atoms with Crippen molar-refractivity contribution in [3.8, 4) is 0 Å². The first-order valence-electron chi connectivity index (χ1n) is 4.83. The molecule has 1 aromatic rings. The molecule has 0 saturated carbocycles. The second-order valence-corrected chi connectivity index (χ2v) is 3.45. The summed E-state index contributed by atoms with van der Waals surface area (Å²) >= 11 is 0. The number of primary amides is 1. The number of rotatable bonds is 3. The van der Waals surface area contributed by atoms with Crippen molar-refractivity contribution in [3.63, 3.8) is 0 Å². The fourth-order valence-corrected chi connectivity index (χ4v) is 1.27. The van der Waals surface area contributed by atoms with Gasteiger partial charge in [-0.3, -0.25) is 9.59 Å². The van der Waals surface area contributed by atoms with Crippen LogP contribution in [0.3, 0.4) is 0 Å². The van der Waals surface area contributed by atoms with Crippen molar-refractivity contribution in [1.82, 2.24) is 5.32 Å². The molecule has 4 nitrogen and oxygen atoms in total. The predicted octanol–water partition coefficient (Wildman–Crippen LogP) is 0.278. The molecule has 0 spiro atoms. The molecule has 16 heavy (non-hydrogen) atoms. The van der Waals surface area contributed by atoms with E-state index in [-0.39, 0.29) is 5.82 Å². The SMILES string of the molecule is Cc1cc(CCNC(=O)C(N)=O)ccc1F.